The second-order valence-corrected chi connectivity index (χ2v) is 5.47. The first-order chi connectivity index (χ1) is 8.88. The molecule has 0 fully saturated rings. The molecule has 0 bridgehead atoms. The van der Waals surface area contributed by atoms with Crippen molar-refractivity contribution in [1.29, 1.82) is 0 Å². The molecule has 0 radical (unpaired) electrons. The second-order valence-electron chi connectivity index (χ2n) is 4.55. The zero-order valence-electron chi connectivity index (χ0n) is 10.8. The predicted octanol–water partition coefficient (Wildman–Crippen LogP) is 3.07. The summed E-state index contributed by atoms with van der Waals surface area (Å²) in [5.74, 6) is -0.880. The summed E-state index contributed by atoms with van der Waals surface area (Å²) in [6, 6.07) is 6.34. The van der Waals surface area contributed by atoms with Gasteiger partial charge in [0, 0.05) is 16.2 Å². The molecule has 1 unspecified atom stereocenters. The Labute approximate surface area is 120 Å². The molecule has 0 saturated heterocycles. The Morgan fingerprint density at radius 3 is 2.32 bits per heavy atom. The maximum absolute atomic E-state index is 11.8. The van der Waals surface area contributed by atoms with E-state index in [0.29, 0.717) is 5.69 Å². The van der Waals surface area contributed by atoms with Crippen LogP contribution in [-0.2, 0) is 4.79 Å². The average Bonchev–Trinajstić information content (AvgIpc) is 2.30. The molecule has 0 aromatic heterocycles. The predicted molar refractivity (Wildman–Crippen MR) is 77.2 cm³/mol. The minimum absolute atomic E-state index is 0.0479. The zero-order valence-corrected chi connectivity index (χ0v) is 12.4. The topological polar surface area (TPSA) is 78.4 Å². The zero-order chi connectivity index (χ0) is 14.4. The molecule has 3 N–H and O–H groups in total. The molecule has 0 heterocycles. The average molecular weight is 329 g/mol. The van der Waals surface area contributed by atoms with E-state index in [0.717, 1.165) is 4.47 Å². The number of carbonyl (C=O) groups excluding carboxylic acids is 1. The van der Waals surface area contributed by atoms with E-state index in [2.05, 4.69) is 26.6 Å². The first kappa shape index (κ1) is 15.5. The number of benzene rings is 1. The largest absolute Gasteiger partial charge is 0.481 e. The quantitative estimate of drug-likeness (QED) is 0.777. The van der Waals surface area contributed by atoms with E-state index in [-0.39, 0.29) is 12.3 Å². The van der Waals surface area contributed by atoms with E-state index in [1.165, 1.54) is 0 Å². The van der Waals surface area contributed by atoms with Crippen LogP contribution in [0.5, 0.6) is 0 Å². The summed E-state index contributed by atoms with van der Waals surface area (Å²) in [5, 5.41) is 14.1. The molecule has 5 nitrogen and oxygen atoms in total. The summed E-state index contributed by atoms with van der Waals surface area (Å²) in [6.07, 6.45) is -0.0918. The molecule has 1 atom stereocenters. The number of carboxylic acid groups (broad SMARTS) is 1. The number of halogens is 1. The van der Waals surface area contributed by atoms with Gasteiger partial charge in [-0.15, -0.1) is 0 Å². The maximum Gasteiger partial charge on any atom is 0.319 e. The molecule has 0 saturated carbocycles. The van der Waals surface area contributed by atoms with Crippen molar-refractivity contribution < 1.29 is 14.7 Å². The van der Waals surface area contributed by atoms with Crippen molar-refractivity contribution in [3.63, 3.8) is 0 Å². The summed E-state index contributed by atoms with van der Waals surface area (Å²) in [7, 11) is 0. The Bertz CT molecular complexity index is 446. The van der Waals surface area contributed by atoms with Gasteiger partial charge in [0.2, 0.25) is 0 Å². The maximum atomic E-state index is 11.8. The molecule has 2 amide bonds. The van der Waals surface area contributed by atoms with Crippen LogP contribution < -0.4 is 10.6 Å². The lowest BCUT2D eigenvalue weighted by Crippen LogP contribution is -2.42. The fraction of sp³-hybridized carbons (Fsp3) is 0.385. The Hall–Kier alpha value is -1.56. The van der Waals surface area contributed by atoms with Gasteiger partial charge in [-0.2, -0.15) is 0 Å². The highest BCUT2D eigenvalue weighted by molar-refractivity contribution is 9.10. The van der Waals surface area contributed by atoms with Crippen LogP contribution in [0.3, 0.4) is 0 Å². The Balaban J connectivity index is 2.57. The minimum atomic E-state index is -0.928. The summed E-state index contributed by atoms with van der Waals surface area (Å²) >= 11 is 3.30. The highest BCUT2D eigenvalue weighted by Crippen LogP contribution is 2.14. The molecule has 0 spiro atoms. The number of nitrogens with one attached hydrogen (secondary N) is 2. The second kappa shape index (κ2) is 7.13. The molecule has 1 aromatic carbocycles. The third kappa shape index (κ3) is 5.74. The van der Waals surface area contributed by atoms with Crippen LogP contribution in [0.25, 0.3) is 0 Å². The van der Waals surface area contributed by atoms with Gasteiger partial charge in [0.25, 0.3) is 0 Å². The molecular weight excluding hydrogens is 312 g/mol. The monoisotopic (exact) mass is 328 g/mol. The smallest absolute Gasteiger partial charge is 0.319 e. The summed E-state index contributed by atoms with van der Waals surface area (Å²) < 4.78 is 0.921. The number of hydrogen-bond acceptors (Lipinski definition) is 2. The molecular formula is C13H17BrN2O3. The summed E-state index contributed by atoms with van der Waals surface area (Å²) in [5.41, 5.74) is 0.651. The molecule has 0 aliphatic heterocycles. The number of carbonyl (C=O) groups is 2. The highest BCUT2D eigenvalue weighted by atomic mass is 79.9. The van der Waals surface area contributed by atoms with E-state index in [9.17, 15) is 9.59 Å². The minimum Gasteiger partial charge on any atom is -0.481 e. The van der Waals surface area contributed by atoms with Crippen molar-refractivity contribution in [2.24, 2.45) is 5.92 Å². The molecule has 104 valence electrons. The Morgan fingerprint density at radius 2 is 1.84 bits per heavy atom. The summed E-state index contributed by atoms with van der Waals surface area (Å²) in [6.45, 7) is 3.74. The summed E-state index contributed by atoms with van der Waals surface area (Å²) in [4.78, 5) is 22.5. The number of carboxylic acids is 1. The number of hydrogen-bond donors (Lipinski definition) is 3. The van der Waals surface area contributed by atoms with Crippen LogP contribution in [0.4, 0.5) is 10.5 Å². The van der Waals surface area contributed by atoms with E-state index >= 15 is 0 Å². The third-order valence-corrected chi connectivity index (χ3v) is 3.15. The van der Waals surface area contributed by atoms with Crippen molar-refractivity contribution in [3.05, 3.63) is 28.7 Å². The molecule has 1 aromatic rings. The number of rotatable bonds is 5. The van der Waals surface area contributed by atoms with E-state index < -0.39 is 18.0 Å². The van der Waals surface area contributed by atoms with Crippen molar-refractivity contribution in [2.45, 2.75) is 26.3 Å². The van der Waals surface area contributed by atoms with Crippen LogP contribution >= 0.6 is 15.9 Å². The SMILES string of the molecule is CC(C)C(CC(=O)O)NC(=O)Nc1ccc(Br)cc1. The lowest BCUT2D eigenvalue weighted by Gasteiger charge is -2.20. The van der Waals surface area contributed by atoms with Gasteiger partial charge >= 0.3 is 12.0 Å². The molecule has 19 heavy (non-hydrogen) atoms. The van der Waals surface area contributed by atoms with Crippen LogP contribution in [0.15, 0.2) is 28.7 Å². The number of anilines is 1. The Kier molecular flexibility index (Phi) is 5.82. The highest BCUT2D eigenvalue weighted by Gasteiger charge is 2.19. The van der Waals surface area contributed by atoms with Gasteiger partial charge in [-0.1, -0.05) is 29.8 Å². The van der Waals surface area contributed by atoms with Crippen molar-refractivity contribution in [3.8, 4) is 0 Å². The number of aliphatic carboxylic acids is 1. The van der Waals surface area contributed by atoms with Crippen molar-refractivity contribution >= 4 is 33.6 Å². The van der Waals surface area contributed by atoms with Crippen LogP contribution in [0, 0.1) is 5.92 Å². The first-order valence-electron chi connectivity index (χ1n) is 5.93. The van der Waals surface area contributed by atoms with E-state index in [1.54, 1.807) is 12.1 Å². The number of urea groups is 1. The van der Waals surface area contributed by atoms with E-state index in [1.807, 2.05) is 26.0 Å². The molecule has 1 rings (SSSR count). The normalized spacial score (nSPS) is 12.0. The van der Waals surface area contributed by atoms with E-state index in [4.69, 9.17) is 5.11 Å². The lowest BCUT2D eigenvalue weighted by molar-refractivity contribution is -0.137. The van der Waals surface area contributed by atoms with Gasteiger partial charge in [-0.3, -0.25) is 4.79 Å². The van der Waals surface area contributed by atoms with Gasteiger partial charge in [0.05, 0.1) is 6.42 Å². The first-order valence-corrected chi connectivity index (χ1v) is 6.72. The fourth-order valence-electron chi connectivity index (χ4n) is 1.51. The van der Waals surface area contributed by atoms with Gasteiger partial charge < -0.3 is 15.7 Å². The fourth-order valence-corrected chi connectivity index (χ4v) is 1.77. The van der Waals surface area contributed by atoms with Crippen LogP contribution in [0.1, 0.15) is 20.3 Å². The van der Waals surface area contributed by atoms with Gasteiger partial charge in [0.1, 0.15) is 0 Å². The van der Waals surface area contributed by atoms with Crippen molar-refractivity contribution in [2.75, 3.05) is 5.32 Å². The standard InChI is InChI=1S/C13H17BrN2O3/c1-8(2)11(7-12(17)18)16-13(19)15-10-5-3-9(14)4-6-10/h3-6,8,11H,7H2,1-2H3,(H,17,18)(H2,15,16,19). The number of amides is 2. The molecule has 0 aliphatic carbocycles. The van der Waals surface area contributed by atoms with Gasteiger partial charge in [-0.05, 0) is 30.2 Å². The van der Waals surface area contributed by atoms with Crippen molar-refractivity contribution in [1.82, 2.24) is 5.32 Å². The van der Waals surface area contributed by atoms with Crippen LogP contribution in [-0.4, -0.2) is 23.1 Å². The van der Waals surface area contributed by atoms with Crippen LogP contribution in [0.2, 0.25) is 0 Å². The van der Waals surface area contributed by atoms with Gasteiger partial charge in [-0.25, -0.2) is 4.79 Å². The van der Waals surface area contributed by atoms with Gasteiger partial charge in [0.15, 0.2) is 0 Å². The molecule has 0 aliphatic rings. The lowest BCUT2D eigenvalue weighted by atomic mass is 10.0. The molecule has 6 heteroatoms. The Morgan fingerprint density at radius 1 is 1.26 bits per heavy atom. The third-order valence-electron chi connectivity index (χ3n) is 2.62.